The van der Waals surface area contributed by atoms with Crippen molar-refractivity contribution in [3.8, 4) is 0 Å². The molecule has 2 fully saturated rings. The standard InChI is InChI=1S/C10H20N2/c1-8-5-11-9(2)7-12(6-8)10-3-4-10/h8-11H,3-7H2,1-2H3. The Morgan fingerprint density at radius 1 is 1.17 bits per heavy atom. The van der Waals surface area contributed by atoms with Crippen molar-refractivity contribution in [3.63, 3.8) is 0 Å². The van der Waals surface area contributed by atoms with Gasteiger partial charge in [-0.2, -0.15) is 0 Å². The van der Waals surface area contributed by atoms with Gasteiger partial charge < -0.3 is 5.32 Å². The van der Waals surface area contributed by atoms with Crippen LogP contribution in [0.5, 0.6) is 0 Å². The molecule has 1 aliphatic heterocycles. The normalized spacial score (nSPS) is 39.5. The molecule has 2 rings (SSSR count). The van der Waals surface area contributed by atoms with E-state index in [1.165, 1.54) is 32.5 Å². The van der Waals surface area contributed by atoms with Gasteiger partial charge in [0, 0.05) is 25.2 Å². The van der Waals surface area contributed by atoms with Crippen molar-refractivity contribution in [3.05, 3.63) is 0 Å². The number of rotatable bonds is 1. The summed E-state index contributed by atoms with van der Waals surface area (Å²) in [6, 6.07) is 1.63. The maximum absolute atomic E-state index is 3.57. The average molecular weight is 168 g/mol. The van der Waals surface area contributed by atoms with E-state index in [2.05, 4.69) is 24.1 Å². The van der Waals surface area contributed by atoms with Crippen LogP contribution in [-0.4, -0.2) is 36.6 Å². The van der Waals surface area contributed by atoms with Gasteiger partial charge in [0.15, 0.2) is 0 Å². The molecular weight excluding hydrogens is 148 g/mol. The molecule has 2 aliphatic rings. The maximum Gasteiger partial charge on any atom is 0.0166 e. The minimum Gasteiger partial charge on any atom is -0.313 e. The van der Waals surface area contributed by atoms with Crippen LogP contribution >= 0.6 is 0 Å². The number of nitrogens with one attached hydrogen (secondary N) is 1. The van der Waals surface area contributed by atoms with Crippen LogP contribution in [0.2, 0.25) is 0 Å². The zero-order chi connectivity index (χ0) is 8.55. The van der Waals surface area contributed by atoms with E-state index < -0.39 is 0 Å². The van der Waals surface area contributed by atoms with Gasteiger partial charge in [-0.05, 0) is 32.2 Å². The summed E-state index contributed by atoms with van der Waals surface area (Å²) in [4.78, 5) is 2.68. The third-order valence-corrected chi connectivity index (χ3v) is 2.93. The van der Waals surface area contributed by atoms with Gasteiger partial charge in [0.2, 0.25) is 0 Å². The summed E-state index contributed by atoms with van der Waals surface area (Å²) in [5.41, 5.74) is 0. The van der Waals surface area contributed by atoms with Gasteiger partial charge in [-0.25, -0.2) is 0 Å². The largest absolute Gasteiger partial charge is 0.313 e. The smallest absolute Gasteiger partial charge is 0.0166 e. The lowest BCUT2D eigenvalue weighted by atomic mass is 10.2. The zero-order valence-electron chi connectivity index (χ0n) is 8.21. The summed E-state index contributed by atoms with van der Waals surface area (Å²) in [7, 11) is 0. The fourth-order valence-electron chi connectivity index (χ4n) is 2.10. The second-order valence-electron chi connectivity index (χ2n) is 4.60. The second-order valence-corrected chi connectivity index (χ2v) is 4.60. The van der Waals surface area contributed by atoms with E-state index in [1.807, 2.05) is 0 Å². The van der Waals surface area contributed by atoms with E-state index in [4.69, 9.17) is 0 Å². The van der Waals surface area contributed by atoms with Crippen LogP contribution < -0.4 is 5.32 Å². The summed E-state index contributed by atoms with van der Waals surface area (Å²) < 4.78 is 0. The van der Waals surface area contributed by atoms with Crippen molar-refractivity contribution >= 4 is 0 Å². The summed E-state index contributed by atoms with van der Waals surface area (Å²) in [6.07, 6.45) is 2.89. The predicted octanol–water partition coefficient (Wildman–Crippen LogP) is 1.08. The lowest BCUT2D eigenvalue weighted by molar-refractivity contribution is 0.242. The maximum atomic E-state index is 3.57. The Balaban J connectivity index is 1.92. The first-order valence-electron chi connectivity index (χ1n) is 5.23. The Morgan fingerprint density at radius 3 is 2.58 bits per heavy atom. The molecule has 2 unspecified atom stereocenters. The third kappa shape index (κ3) is 1.99. The molecule has 0 aromatic heterocycles. The van der Waals surface area contributed by atoms with Gasteiger partial charge in [0.25, 0.3) is 0 Å². The molecule has 0 spiro atoms. The minimum atomic E-state index is 0.690. The molecule has 2 nitrogen and oxygen atoms in total. The molecule has 2 atom stereocenters. The van der Waals surface area contributed by atoms with Crippen LogP contribution in [-0.2, 0) is 0 Å². The number of nitrogens with zero attached hydrogens (tertiary/aromatic N) is 1. The Labute approximate surface area is 75.3 Å². The van der Waals surface area contributed by atoms with Crippen molar-refractivity contribution in [1.82, 2.24) is 10.2 Å². The molecule has 1 N–H and O–H groups in total. The molecule has 70 valence electrons. The fraction of sp³-hybridized carbons (Fsp3) is 1.00. The highest BCUT2D eigenvalue weighted by Gasteiger charge is 2.31. The summed E-state index contributed by atoms with van der Waals surface area (Å²) >= 11 is 0. The Kier molecular flexibility index (Phi) is 2.37. The Bertz CT molecular complexity index is 142. The lowest BCUT2D eigenvalue weighted by Crippen LogP contribution is -2.36. The highest BCUT2D eigenvalue weighted by molar-refractivity contribution is 4.88. The zero-order valence-corrected chi connectivity index (χ0v) is 8.21. The van der Waals surface area contributed by atoms with E-state index >= 15 is 0 Å². The number of hydrogen-bond donors (Lipinski definition) is 1. The molecule has 1 heterocycles. The van der Waals surface area contributed by atoms with Crippen molar-refractivity contribution in [1.29, 1.82) is 0 Å². The molecule has 1 saturated carbocycles. The molecule has 0 aromatic carbocycles. The van der Waals surface area contributed by atoms with E-state index in [0.717, 1.165) is 12.0 Å². The topological polar surface area (TPSA) is 15.3 Å². The van der Waals surface area contributed by atoms with Gasteiger partial charge in [-0.1, -0.05) is 6.92 Å². The molecular formula is C10H20N2. The van der Waals surface area contributed by atoms with Crippen LogP contribution in [0.4, 0.5) is 0 Å². The Morgan fingerprint density at radius 2 is 1.92 bits per heavy atom. The van der Waals surface area contributed by atoms with Crippen LogP contribution in [0.1, 0.15) is 26.7 Å². The molecule has 0 amide bonds. The van der Waals surface area contributed by atoms with Crippen molar-refractivity contribution in [2.45, 2.75) is 38.8 Å². The monoisotopic (exact) mass is 168 g/mol. The van der Waals surface area contributed by atoms with Gasteiger partial charge in [0.05, 0.1) is 0 Å². The average Bonchev–Trinajstić information content (AvgIpc) is 2.79. The van der Waals surface area contributed by atoms with E-state index in [9.17, 15) is 0 Å². The second kappa shape index (κ2) is 3.35. The third-order valence-electron chi connectivity index (χ3n) is 2.93. The van der Waals surface area contributed by atoms with Crippen LogP contribution in [0, 0.1) is 5.92 Å². The predicted molar refractivity (Wildman–Crippen MR) is 51.2 cm³/mol. The summed E-state index contributed by atoms with van der Waals surface area (Å²) in [5, 5.41) is 3.57. The SMILES string of the molecule is CC1CNC(C)CN(C2CC2)C1. The van der Waals surface area contributed by atoms with Crippen LogP contribution in [0.3, 0.4) is 0 Å². The highest BCUT2D eigenvalue weighted by Crippen LogP contribution is 2.28. The van der Waals surface area contributed by atoms with E-state index in [0.29, 0.717) is 6.04 Å². The van der Waals surface area contributed by atoms with E-state index in [-0.39, 0.29) is 0 Å². The van der Waals surface area contributed by atoms with Crippen molar-refractivity contribution in [2.24, 2.45) is 5.92 Å². The molecule has 12 heavy (non-hydrogen) atoms. The van der Waals surface area contributed by atoms with Crippen molar-refractivity contribution < 1.29 is 0 Å². The first kappa shape index (κ1) is 8.52. The summed E-state index contributed by atoms with van der Waals surface area (Å²) in [6.45, 7) is 8.41. The minimum absolute atomic E-state index is 0.690. The molecule has 0 radical (unpaired) electrons. The molecule has 1 saturated heterocycles. The van der Waals surface area contributed by atoms with Gasteiger partial charge in [-0.3, -0.25) is 4.90 Å². The van der Waals surface area contributed by atoms with Gasteiger partial charge >= 0.3 is 0 Å². The van der Waals surface area contributed by atoms with Crippen LogP contribution in [0.25, 0.3) is 0 Å². The molecule has 0 bridgehead atoms. The Hall–Kier alpha value is -0.0800. The lowest BCUT2D eigenvalue weighted by Gasteiger charge is -2.22. The fourth-order valence-corrected chi connectivity index (χ4v) is 2.10. The molecule has 2 heteroatoms. The quantitative estimate of drug-likeness (QED) is 0.630. The summed E-state index contributed by atoms with van der Waals surface area (Å²) in [5.74, 6) is 0.829. The van der Waals surface area contributed by atoms with Crippen molar-refractivity contribution in [2.75, 3.05) is 19.6 Å². The van der Waals surface area contributed by atoms with Crippen LogP contribution in [0.15, 0.2) is 0 Å². The van der Waals surface area contributed by atoms with Gasteiger partial charge in [0.1, 0.15) is 0 Å². The van der Waals surface area contributed by atoms with Gasteiger partial charge in [-0.15, -0.1) is 0 Å². The molecule has 1 aliphatic carbocycles. The first-order chi connectivity index (χ1) is 5.75. The first-order valence-corrected chi connectivity index (χ1v) is 5.23. The highest BCUT2D eigenvalue weighted by atomic mass is 15.2. The number of hydrogen-bond acceptors (Lipinski definition) is 2. The van der Waals surface area contributed by atoms with E-state index in [1.54, 1.807) is 0 Å². The molecule has 0 aromatic rings.